The van der Waals surface area contributed by atoms with E-state index in [1.165, 1.54) is 19.3 Å². The van der Waals surface area contributed by atoms with Crippen LogP contribution in [-0.4, -0.2) is 4.98 Å². The number of hydrogen-bond acceptors (Lipinski definition) is 1. The molecule has 0 unspecified atom stereocenters. The van der Waals surface area contributed by atoms with Crippen LogP contribution in [0.2, 0.25) is 0 Å². The van der Waals surface area contributed by atoms with Gasteiger partial charge in [-0.25, -0.2) is 4.57 Å². The summed E-state index contributed by atoms with van der Waals surface area (Å²) in [6.45, 7) is 3.34. The standard InChI is InChI=1S/C9H15N2/c1-2-3-4-7-11-8-5-10-6-9-11/h5-6,8-9H,2-4,7H2,1H3/q+1. The molecule has 0 amide bonds. The van der Waals surface area contributed by atoms with Gasteiger partial charge < -0.3 is 0 Å². The van der Waals surface area contributed by atoms with Gasteiger partial charge in [0.25, 0.3) is 0 Å². The highest BCUT2D eigenvalue weighted by Crippen LogP contribution is 1.92. The Balaban J connectivity index is 2.28. The summed E-state index contributed by atoms with van der Waals surface area (Å²) < 4.78 is 2.17. The largest absolute Gasteiger partial charge is 0.252 e. The van der Waals surface area contributed by atoms with Crippen LogP contribution in [0.4, 0.5) is 0 Å². The van der Waals surface area contributed by atoms with Gasteiger partial charge in [0, 0.05) is 6.42 Å². The molecule has 60 valence electrons. The summed E-state index contributed by atoms with van der Waals surface area (Å²) in [7, 11) is 0. The third-order valence-electron chi connectivity index (χ3n) is 1.71. The van der Waals surface area contributed by atoms with Crippen molar-refractivity contribution in [3.05, 3.63) is 24.8 Å². The van der Waals surface area contributed by atoms with Gasteiger partial charge in [0.15, 0.2) is 12.4 Å². The average Bonchev–Trinajstić information content (AvgIpc) is 2.07. The van der Waals surface area contributed by atoms with Gasteiger partial charge in [-0.3, -0.25) is 4.98 Å². The Bertz CT molecular complexity index is 184. The number of rotatable bonds is 4. The van der Waals surface area contributed by atoms with Crippen LogP contribution in [0, 0.1) is 0 Å². The van der Waals surface area contributed by atoms with Crippen LogP contribution in [0.15, 0.2) is 24.8 Å². The molecule has 0 spiro atoms. The number of aryl methyl sites for hydroxylation is 1. The maximum absolute atomic E-state index is 3.95. The van der Waals surface area contributed by atoms with Crippen molar-refractivity contribution in [1.29, 1.82) is 0 Å². The van der Waals surface area contributed by atoms with Crippen LogP contribution in [0.1, 0.15) is 26.2 Å². The van der Waals surface area contributed by atoms with Crippen LogP contribution in [-0.2, 0) is 6.54 Å². The minimum Gasteiger partial charge on any atom is -0.252 e. The molecule has 1 aromatic rings. The Hall–Kier alpha value is -0.920. The molecule has 0 aliphatic carbocycles. The number of unbranched alkanes of at least 4 members (excludes halogenated alkanes) is 2. The first kappa shape index (κ1) is 8.18. The van der Waals surface area contributed by atoms with Crippen molar-refractivity contribution in [3.8, 4) is 0 Å². The Morgan fingerprint density at radius 3 is 2.55 bits per heavy atom. The minimum atomic E-state index is 1.12. The molecule has 0 saturated heterocycles. The second-order valence-corrected chi connectivity index (χ2v) is 2.69. The Kier molecular flexibility index (Phi) is 3.59. The summed E-state index contributed by atoms with van der Waals surface area (Å²) in [5.74, 6) is 0. The Labute approximate surface area is 67.9 Å². The molecule has 0 aliphatic rings. The Morgan fingerprint density at radius 2 is 1.91 bits per heavy atom. The van der Waals surface area contributed by atoms with E-state index >= 15 is 0 Å². The minimum absolute atomic E-state index is 1.12. The molecule has 11 heavy (non-hydrogen) atoms. The van der Waals surface area contributed by atoms with Gasteiger partial charge in [0.1, 0.15) is 6.54 Å². The normalized spacial score (nSPS) is 9.91. The molecule has 0 fully saturated rings. The second-order valence-electron chi connectivity index (χ2n) is 2.69. The summed E-state index contributed by atoms with van der Waals surface area (Å²) in [6.07, 6.45) is 11.5. The maximum Gasteiger partial charge on any atom is 0.187 e. The molecule has 2 nitrogen and oxygen atoms in total. The number of nitrogens with zero attached hydrogens (tertiary/aromatic N) is 2. The van der Waals surface area contributed by atoms with Crippen molar-refractivity contribution in [3.63, 3.8) is 0 Å². The summed E-state index contributed by atoms with van der Waals surface area (Å²) in [5.41, 5.74) is 0. The van der Waals surface area contributed by atoms with E-state index < -0.39 is 0 Å². The molecule has 2 heteroatoms. The fraction of sp³-hybridized carbons (Fsp3) is 0.556. The van der Waals surface area contributed by atoms with Crippen LogP contribution in [0.25, 0.3) is 0 Å². The molecule has 0 radical (unpaired) electrons. The van der Waals surface area contributed by atoms with Gasteiger partial charge in [-0.05, 0) is 6.42 Å². The summed E-state index contributed by atoms with van der Waals surface area (Å²) in [4.78, 5) is 3.95. The summed E-state index contributed by atoms with van der Waals surface area (Å²) in [6, 6.07) is 0. The van der Waals surface area contributed by atoms with Crippen molar-refractivity contribution in [2.24, 2.45) is 0 Å². The molecule has 0 N–H and O–H groups in total. The number of hydrogen-bond donors (Lipinski definition) is 0. The highest BCUT2D eigenvalue weighted by molar-refractivity contribution is 4.62. The lowest BCUT2D eigenvalue weighted by atomic mass is 10.2. The zero-order chi connectivity index (χ0) is 7.94. The third kappa shape index (κ3) is 3.12. The molecule has 0 saturated carbocycles. The van der Waals surface area contributed by atoms with Crippen LogP contribution in [0.5, 0.6) is 0 Å². The van der Waals surface area contributed by atoms with E-state index in [4.69, 9.17) is 0 Å². The molecule has 1 heterocycles. The van der Waals surface area contributed by atoms with Crippen molar-refractivity contribution in [2.75, 3.05) is 0 Å². The van der Waals surface area contributed by atoms with Gasteiger partial charge in [0.05, 0.1) is 12.4 Å². The maximum atomic E-state index is 3.95. The second kappa shape index (κ2) is 4.83. The van der Waals surface area contributed by atoms with Crippen LogP contribution in [0.3, 0.4) is 0 Å². The zero-order valence-corrected chi connectivity index (χ0v) is 7.03. The highest BCUT2D eigenvalue weighted by atomic mass is 14.9. The van der Waals surface area contributed by atoms with Crippen molar-refractivity contribution < 1.29 is 4.57 Å². The quantitative estimate of drug-likeness (QED) is 0.471. The fourth-order valence-electron chi connectivity index (χ4n) is 1.04. The molecule has 0 atom stereocenters. The predicted octanol–water partition coefficient (Wildman–Crippen LogP) is 1.56. The van der Waals surface area contributed by atoms with E-state index in [1.54, 1.807) is 0 Å². The molecule has 0 aliphatic heterocycles. The monoisotopic (exact) mass is 151 g/mol. The fourth-order valence-corrected chi connectivity index (χ4v) is 1.04. The SMILES string of the molecule is CCCCC[n+]1ccncc1. The summed E-state index contributed by atoms with van der Waals surface area (Å²) >= 11 is 0. The lowest BCUT2D eigenvalue weighted by molar-refractivity contribution is -0.697. The predicted molar refractivity (Wildman–Crippen MR) is 44.0 cm³/mol. The molecule has 0 bridgehead atoms. The highest BCUT2D eigenvalue weighted by Gasteiger charge is 1.95. The molecule has 1 aromatic heterocycles. The number of aromatic nitrogens is 2. The van der Waals surface area contributed by atoms with E-state index in [-0.39, 0.29) is 0 Å². The van der Waals surface area contributed by atoms with E-state index in [2.05, 4.69) is 16.5 Å². The lowest BCUT2D eigenvalue weighted by Crippen LogP contribution is -2.32. The smallest absolute Gasteiger partial charge is 0.187 e. The van der Waals surface area contributed by atoms with E-state index in [0.717, 1.165) is 6.54 Å². The van der Waals surface area contributed by atoms with Crippen molar-refractivity contribution in [2.45, 2.75) is 32.7 Å². The van der Waals surface area contributed by atoms with E-state index in [0.29, 0.717) is 0 Å². The van der Waals surface area contributed by atoms with Gasteiger partial charge >= 0.3 is 0 Å². The topological polar surface area (TPSA) is 16.8 Å². The Morgan fingerprint density at radius 1 is 1.18 bits per heavy atom. The van der Waals surface area contributed by atoms with Crippen molar-refractivity contribution in [1.82, 2.24) is 4.98 Å². The molecule has 0 aromatic carbocycles. The van der Waals surface area contributed by atoms with Gasteiger partial charge in [-0.2, -0.15) is 0 Å². The van der Waals surface area contributed by atoms with Crippen molar-refractivity contribution >= 4 is 0 Å². The first-order valence-electron chi connectivity index (χ1n) is 4.22. The molecule has 1 rings (SSSR count). The van der Waals surface area contributed by atoms with Crippen LogP contribution >= 0.6 is 0 Å². The molecular formula is C9H15N2+. The van der Waals surface area contributed by atoms with E-state index in [1.807, 2.05) is 24.8 Å². The van der Waals surface area contributed by atoms with E-state index in [9.17, 15) is 0 Å². The first-order chi connectivity index (χ1) is 5.43. The average molecular weight is 151 g/mol. The third-order valence-corrected chi connectivity index (χ3v) is 1.71. The van der Waals surface area contributed by atoms with Gasteiger partial charge in [0.2, 0.25) is 0 Å². The van der Waals surface area contributed by atoms with Gasteiger partial charge in [-0.1, -0.05) is 13.3 Å². The first-order valence-corrected chi connectivity index (χ1v) is 4.22. The zero-order valence-electron chi connectivity index (χ0n) is 7.03. The lowest BCUT2D eigenvalue weighted by Gasteiger charge is -1.93. The van der Waals surface area contributed by atoms with Gasteiger partial charge in [-0.15, -0.1) is 0 Å². The molecular weight excluding hydrogens is 136 g/mol. The van der Waals surface area contributed by atoms with Crippen LogP contribution < -0.4 is 4.57 Å². The summed E-state index contributed by atoms with van der Waals surface area (Å²) in [5, 5.41) is 0.